The standard InChI is InChI=1S/C18H21ClN2O4S/c1-2-21(11-13-7-8-16(19)26-13)17(23)12-25-18(24)14-5-3-4-6-15(14)20-9-10-22/h3-8,20,22H,2,9-12H2,1H3. The number of benzene rings is 1. The van der Waals surface area contributed by atoms with Crippen LogP contribution in [-0.2, 0) is 16.1 Å². The van der Waals surface area contributed by atoms with Gasteiger partial charge in [-0.05, 0) is 31.2 Å². The largest absolute Gasteiger partial charge is 0.452 e. The highest BCUT2D eigenvalue weighted by Gasteiger charge is 2.18. The summed E-state index contributed by atoms with van der Waals surface area (Å²) in [6.07, 6.45) is 0. The Labute approximate surface area is 161 Å². The van der Waals surface area contributed by atoms with Crippen molar-refractivity contribution < 1.29 is 19.4 Å². The van der Waals surface area contributed by atoms with Crippen LogP contribution in [0.1, 0.15) is 22.2 Å². The first kappa shape index (κ1) is 20.2. The highest BCUT2D eigenvalue weighted by atomic mass is 35.5. The Bertz CT molecular complexity index is 750. The van der Waals surface area contributed by atoms with Gasteiger partial charge < -0.3 is 20.1 Å². The van der Waals surface area contributed by atoms with E-state index in [2.05, 4.69) is 5.32 Å². The summed E-state index contributed by atoms with van der Waals surface area (Å²) in [6.45, 7) is 2.72. The molecule has 8 heteroatoms. The summed E-state index contributed by atoms with van der Waals surface area (Å²) in [6, 6.07) is 10.5. The zero-order chi connectivity index (χ0) is 18.9. The topological polar surface area (TPSA) is 78.9 Å². The molecule has 2 rings (SSSR count). The minimum absolute atomic E-state index is 0.0555. The third kappa shape index (κ3) is 5.72. The van der Waals surface area contributed by atoms with E-state index in [0.717, 1.165) is 4.88 Å². The van der Waals surface area contributed by atoms with Crippen LogP contribution in [0.25, 0.3) is 0 Å². The number of thiophene rings is 1. The van der Waals surface area contributed by atoms with Gasteiger partial charge in [0.1, 0.15) is 0 Å². The lowest BCUT2D eigenvalue weighted by Gasteiger charge is -2.20. The van der Waals surface area contributed by atoms with E-state index in [9.17, 15) is 9.59 Å². The van der Waals surface area contributed by atoms with Crippen molar-refractivity contribution in [3.63, 3.8) is 0 Å². The summed E-state index contributed by atoms with van der Waals surface area (Å²) in [5.41, 5.74) is 0.876. The van der Waals surface area contributed by atoms with E-state index in [1.807, 2.05) is 13.0 Å². The average molecular weight is 397 g/mol. The maximum Gasteiger partial charge on any atom is 0.340 e. The number of hydrogen-bond donors (Lipinski definition) is 2. The molecule has 0 aliphatic rings. The molecule has 140 valence electrons. The van der Waals surface area contributed by atoms with Gasteiger partial charge in [0.05, 0.1) is 23.1 Å². The quantitative estimate of drug-likeness (QED) is 0.637. The van der Waals surface area contributed by atoms with Gasteiger partial charge in [0.15, 0.2) is 6.61 Å². The van der Waals surface area contributed by atoms with E-state index in [-0.39, 0.29) is 19.1 Å². The van der Waals surface area contributed by atoms with Gasteiger partial charge in [0.25, 0.3) is 5.91 Å². The number of halogens is 1. The average Bonchev–Trinajstić information content (AvgIpc) is 3.07. The molecule has 1 aromatic heterocycles. The SMILES string of the molecule is CCN(Cc1ccc(Cl)s1)C(=O)COC(=O)c1ccccc1NCCO. The molecule has 6 nitrogen and oxygen atoms in total. The van der Waals surface area contributed by atoms with Crippen LogP contribution in [0, 0.1) is 0 Å². The molecule has 0 aliphatic heterocycles. The van der Waals surface area contributed by atoms with Crippen molar-refractivity contribution in [2.45, 2.75) is 13.5 Å². The minimum Gasteiger partial charge on any atom is -0.452 e. The van der Waals surface area contributed by atoms with Crippen molar-refractivity contribution in [3.05, 3.63) is 51.2 Å². The number of aliphatic hydroxyl groups is 1. The zero-order valence-corrected chi connectivity index (χ0v) is 16.0. The molecule has 0 spiro atoms. The Morgan fingerprint density at radius 2 is 2.04 bits per heavy atom. The van der Waals surface area contributed by atoms with E-state index < -0.39 is 5.97 Å². The van der Waals surface area contributed by atoms with Crippen molar-refractivity contribution in [1.29, 1.82) is 0 Å². The summed E-state index contributed by atoms with van der Waals surface area (Å²) in [7, 11) is 0. The lowest BCUT2D eigenvalue weighted by molar-refractivity contribution is -0.134. The third-order valence-electron chi connectivity index (χ3n) is 3.61. The number of aliphatic hydroxyl groups excluding tert-OH is 1. The predicted octanol–water partition coefficient (Wildman–Crippen LogP) is 3.01. The Kier molecular flexibility index (Phi) is 7.90. The molecular weight excluding hydrogens is 376 g/mol. The van der Waals surface area contributed by atoms with Crippen molar-refractivity contribution in [2.24, 2.45) is 0 Å². The summed E-state index contributed by atoms with van der Waals surface area (Å²) >= 11 is 7.33. The van der Waals surface area contributed by atoms with Gasteiger partial charge >= 0.3 is 5.97 Å². The second kappa shape index (κ2) is 10.2. The fraction of sp³-hybridized carbons (Fsp3) is 0.333. The van der Waals surface area contributed by atoms with Gasteiger partial charge in [0, 0.05) is 23.7 Å². The molecule has 0 radical (unpaired) electrons. The van der Waals surface area contributed by atoms with Gasteiger partial charge in [-0.15, -0.1) is 11.3 Å². The Morgan fingerprint density at radius 1 is 1.27 bits per heavy atom. The number of nitrogens with zero attached hydrogens (tertiary/aromatic N) is 1. The highest BCUT2D eigenvalue weighted by molar-refractivity contribution is 7.16. The predicted molar refractivity (Wildman–Crippen MR) is 103 cm³/mol. The summed E-state index contributed by atoms with van der Waals surface area (Å²) in [4.78, 5) is 27.2. The Hall–Kier alpha value is -2.09. The normalized spacial score (nSPS) is 10.4. The fourth-order valence-electron chi connectivity index (χ4n) is 2.30. The Balaban J connectivity index is 1.94. The number of carbonyl (C=O) groups excluding carboxylic acids is 2. The van der Waals surface area contributed by atoms with E-state index >= 15 is 0 Å². The monoisotopic (exact) mass is 396 g/mol. The number of likely N-dealkylation sites (N-methyl/N-ethyl adjacent to an activating group) is 1. The lowest BCUT2D eigenvalue weighted by atomic mass is 10.2. The second-order valence-electron chi connectivity index (χ2n) is 5.39. The molecular formula is C18H21ClN2O4S. The Morgan fingerprint density at radius 3 is 2.69 bits per heavy atom. The molecule has 0 aliphatic carbocycles. The van der Waals surface area contributed by atoms with Crippen molar-refractivity contribution in [1.82, 2.24) is 4.90 Å². The molecule has 1 amide bonds. The van der Waals surface area contributed by atoms with Crippen LogP contribution in [0.15, 0.2) is 36.4 Å². The second-order valence-corrected chi connectivity index (χ2v) is 7.19. The molecule has 1 aromatic carbocycles. The number of rotatable bonds is 9. The molecule has 0 saturated carbocycles. The van der Waals surface area contributed by atoms with Crippen molar-refractivity contribution in [3.8, 4) is 0 Å². The molecule has 0 bridgehead atoms. The smallest absolute Gasteiger partial charge is 0.340 e. The number of carbonyl (C=O) groups is 2. The summed E-state index contributed by atoms with van der Waals surface area (Å²) in [5.74, 6) is -0.860. The first-order valence-corrected chi connectivity index (χ1v) is 9.37. The lowest BCUT2D eigenvalue weighted by Crippen LogP contribution is -2.34. The van der Waals surface area contributed by atoms with Crippen LogP contribution < -0.4 is 5.32 Å². The number of hydrogen-bond acceptors (Lipinski definition) is 6. The van der Waals surface area contributed by atoms with Crippen LogP contribution in [0.3, 0.4) is 0 Å². The van der Waals surface area contributed by atoms with Crippen LogP contribution in [0.2, 0.25) is 4.34 Å². The molecule has 26 heavy (non-hydrogen) atoms. The molecule has 0 fully saturated rings. The summed E-state index contributed by atoms with van der Waals surface area (Å²) < 4.78 is 5.85. The van der Waals surface area contributed by atoms with Crippen LogP contribution in [0.4, 0.5) is 5.69 Å². The number of para-hydroxylation sites is 1. The number of amides is 1. The van der Waals surface area contributed by atoms with Gasteiger partial charge in [-0.25, -0.2) is 4.79 Å². The molecule has 0 saturated heterocycles. The van der Waals surface area contributed by atoms with E-state index in [1.165, 1.54) is 11.3 Å². The van der Waals surface area contributed by atoms with E-state index in [1.54, 1.807) is 35.2 Å². The van der Waals surface area contributed by atoms with Crippen molar-refractivity contribution >= 4 is 40.5 Å². The molecule has 0 atom stereocenters. The molecule has 0 unspecified atom stereocenters. The molecule has 2 aromatic rings. The fourth-order valence-corrected chi connectivity index (χ4v) is 3.41. The first-order chi connectivity index (χ1) is 12.5. The number of anilines is 1. The van der Waals surface area contributed by atoms with Crippen LogP contribution in [0.5, 0.6) is 0 Å². The third-order valence-corrected chi connectivity index (χ3v) is 4.83. The van der Waals surface area contributed by atoms with Gasteiger partial charge in [0.2, 0.25) is 0 Å². The number of nitrogens with one attached hydrogen (secondary N) is 1. The summed E-state index contributed by atoms with van der Waals surface area (Å²) in [5, 5.41) is 11.9. The maximum absolute atomic E-state index is 12.3. The highest BCUT2D eigenvalue weighted by Crippen LogP contribution is 2.22. The van der Waals surface area contributed by atoms with E-state index in [0.29, 0.717) is 35.2 Å². The number of esters is 1. The van der Waals surface area contributed by atoms with Gasteiger partial charge in [-0.2, -0.15) is 0 Å². The van der Waals surface area contributed by atoms with Crippen molar-refractivity contribution in [2.75, 3.05) is 31.6 Å². The number of ether oxygens (including phenoxy) is 1. The van der Waals surface area contributed by atoms with E-state index in [4.69, 9.17) is 21.4 Å². The maximum atomic E-state index is 12.3. The zero-order valence-electron chi connectivity index (χ0n) is 14.4. The van der Waals surface area contributed by atoms with Crippen LogP contribution >= 0.6 is 22.9 Å². The minimum atomic E-state index is -0.588. The molecule has 1 heterocycles. The van der Waals surface area contributed by atoms with Gasteiger partial charge in [-0.3, -0.25) is 4.79 Å². The molecule has 2 N–H and O–H groups in total. The first-order valence-electron chi connectivity index (χ1n) is 8.18. The van der Waals surface area contributed by atoms with Gasteiger partial charge in [-0.1, -0.05) is 23.7 Å². The van der Waals surface area contributed by atoms with Crippen LogP contribution in [-0.4, -0.2) is 48.2 Å².